The minimum atomic E-state index is -0.209. The van der Waals surface area contributed by atoms with Crippen LogP contribution in [0, 0.1) is 10.8 Å². The van der Waals surface area contributed by atoms with Crippen molar-refractivity contribution in [2.45, 2.75) is 65.3 Å². The molecule has 1 aliphatic rings. The lowest BCUT2D eigenvalue weighted by molar-refractivity contribution is -0.0599. The highest BCUT2D eigenvalue weighted by Gasteiger charge is 2.53. The van der Waals surface area contributed by atoms with Crippen LogP contribution in [0.3, 0.4) is 0 Å². The molecule has 0 saturated heterocycles. The standard InChI is InChI=1S/C13H27NO/c1-11(2)7-5-6-8-13(11,9-10-15)12(3,4)14/h15H,5-10,14H2,1-4H3. The first kappa shape index (κ1) is 13.0. The Morgan fingerprint density at radius 1 is 1.20 bits per heavy atom. The lowest BCUT2D eigenvalue weighted by Crippen LogP contribution is -2.59. The fourth-order valence-corrected chi connectivity index (χ4v) is 3.74. The van der Waals surface area contributed by atoms with E-state index in [1.54, 1.807) is 0 Å². The Morgan fingerprint density at radius 2 is 1.73 bits per heavy atom. The zero-order chi connectivity index (χ0) is 11.7. The summed E-state index contributed by atoms with van der Waals surface area (Å²) in [6, 6.07) is 0. The molecule has 3 N–H and O–H groups in total. The summed E-state index contributed by atoms with van der Waals surface area (Å²) in [7, 11) is 0. The Hall–Kier alpha value is -0.0800. The highest BCUT2D eigenvalue weighted by molar-refractivity contribution is 5.06. The maximum Gasteiger partial charge on any atom is 0.0437 e. The van der Waals surface area contributed by atoms with Gasteiger partial charge in [0.2, 0.25) is 0 Å². The Kier molecular flexibility index (Phi) is 3.52. The zero-order valence-electron chi connectivity index (χ0n) is 10.8. The summed E-state index contributed by atoms with van der Waals surface area (Å²) in [5.41, 5.74) is 6.52. The summed E-state index contributed by atoms with van der Waals surface area (Å²) in [4.78, 5) is 0. The van der Waals surface area contributed by atoms with Crippen molar-refractivity contribution in [1.82, 2.24) is 0 Å². The molecule has 90 valence electrons. The SMILES string of the molecule is CC(C)(N)C1(CCO)CCCCC1(C)C. The predicted octanol–water partition coefficient (Wildman–Crippen LogP) is 2.69. The molecule has 0 radical (unpaired) electrons. The van der Waals surface area contributed by atoms with Crippen molar-refractivity contribution in [3.63, 3.8) is 0 Å². The van der Waals surface area contributed by atoms with Crippen LogP contribution in [0.15, 0.2) is 0 Å². The van der Waals surface area contributed by atoms with Gasteiger partial charge in [-0.25, -0.2) is 0 Å². The summed E-state index contributed by atoms with van der Waals surface area (Å²) in [6.07, 6.45) is 5.78. The van der Waals surface area contributed by atoms with E-state index in [-0.39, 0.29) is 23.0 Å². The summed E-state index contributed by atoms with van der Waals surface area (Å²) >= 11 is 0. The lowest BCUT2D eigenvalue weighted by atomic mass is 9.49. The van der Waals surface area contributed by atoms with E-state index < -0.39 is 0 Å². The van der Waals surface area contributed by atoms with Crippen molar-refractivity contribution in [1.29, 1.82) is 0 Å². The molecule has 0 aromatic carbocycles. The van der Waals surface area contributed by atoms with Gasteiger partial charge in [-0.2, -0.15) is 0 Å². The van der Waals surface area contributed by atoms with E-state index in [9.17, 15) is 5.11 Å². The molecular formula is C13H27NO. The number of hydrogen-bond acceptors (Lipinski definition) is 2. The first-order chi connectivity index (χ1) is 6.77. The van der Waals surface area contributed by atoms with Crippen molar-refractivity contribution in [2.75, 3.05) is 6.61 Å². The van der Waals surface area contributed by atoms with Crippen molar-refractivity contribution in [2.24, 2.45) is 16.6 Å². The third-order valence-corrected chi connectivity index (χ3v) is 4.72. The molecule has 1 rings (SSSR count). The van der Waals surface area contributed by atoms with Gasteiger partial charge in [0.15, 0.2) is 0 Å². The van der Waals surface area contributed by atoms with Gasteiger partial charge in [-0.3, -0.25) is 0 Å². The molecule has 0 bridgehead atoms. The Bertz CT molecular complexity index is 213. The number of hydrogen-bond donors (Lipinski definition) is 2. The van der Waals surface area contributed by atoms with Crippen LogP contribution < -0.4 is 5.73 Å². The molecule has 1 unspecified atom stereocenters. The maximum absolute atomic E-state index is 9.32. The molecule has 0 amide bonds. The molecule has 2 nitrogen and oxygen atoms in total. The van der Waals surface area contributed by atoms with E-state index >= 15 is 0 Å². The summed E-state index contributed by atoms with van der Waals surface area (Å²) in [5.74, 6) is 0. The molecular weight excluding hydrogens is 186 g/mol. The molecule has 2 heteroatoms. The Labute approximate surface area is 94.2 Å². The minimum Gasteiger partial charge on any atom is -0.396 e. The second kappa shape index (κ2) is 4.06. The maximum atomic E-state index is 9.32. The van der Waals surface area contributed by atoms with Gasteiger partial charge < -0.3 is 10.8 Å². The van der Waals surface area contributed by atoms with Crippen LogP contribution in [0.5, 0.6) is 0 Å². The largest absolute Gasteiger partial charge is 0.396 e. The number of aliphatic hydroxyl groups is 1. The molecule has 0 aromatic heterocycles. The second-order valence-corrected chi connectivity index (χ2v) is 6.37. The predicted molar refractivity (Wildman–Crippen MR) is 64.7 cm³/mol. The Morgan fingerprint density at radius 3 is 2.13 bits per heavy atom. The third kappa shape index (κ3) is 2.07. The number of nitrogens with two attached hydrogens (primary N) is 1. The quantitative estimate of drug-likeness (QED) is 0.757. The molecule has 0 aliphatic heterocycles. The highest BCUT2D eigenvalue weighted by atomic mass is 16.3. The molecule has 1 saturated carbocycles. The monoisotopic (exact) mass is 213 g/mol. The average molecular weight is 213 g/mol. The highest BCUT2D eigenvalue weighted by Crippen LogP contribution is 2.57. The van der Waals surface area contributed by atoms with Crippen LogP contribution in [0.1, 0.15) is 59.8 Å². The zero-order valence-corrected chi connectivity index (χ0v) is 10.8. The van der Waals surface area contributed by atoms with Crippen LogP contribution >= 0.6 is 0 Å². The van der Waals surface area contributed by atoms with Crippen molar-refractivity contribution in [3.8, 4) is 0 Å². The van der Waals surface area contributed by atoms with Gasteiger partial charge in [0.05, 0.1) is 0 Å². The van der Waals surface area contributed by atoms with E-state index in [1.165, 1.54) is 19.3 Å². The fraction of sp³-hybridized carbons (Fsp3) is 1.00. The van der Waals surface area contributed by atoms with Gasteiger partial charge in [0, 0.05) is 12.1 Å². The molecule has 1 fully saturated rings. The summed E-state index contributed by atoms with van der Waals surface area (Å²) in [5, 5.41) is 9.32. The first-order valence-corrected chi connectivity index (χ1v) is 6.17. The van der Waals surface area contributed by atoms with Crippen LogP contribution in [-0.4, -0.2) is 17.3 Å². The fourth-order valence-electron chi connectivity index (χ4n) is 3.74. The van der Waals surface area contributed by atoms with Gasteiger partial charge in [0.1, 0.15) is 0 Å². The van der Waals surface area contributed by atoms with Crippen molar-refractivity contribution < 1.29 is 5.11 Å². The molecule has 15 heavy (non-hydrogen) atoms. The first-order valence-electron chi connectivity index (χ1n) is 6.17. The van der Waals surface area contributed by atoms with Gasteiger partial charge >= 0.3 is 0 Å². The van der Waals surface area contributed by atoms with Crippen LogP contribution in [0.25, 0.3) is 0 Å². The van der Waals surface area contributed by atoms with E-state index in [0.717, 1.165) is 12.8 Å². The number of rotatable bonds is 3. The normalized spacial score (nSPS) is 31.6. The van der Waals surface area contributed by atoms with Gasteiger partial charge in [-0.05, 0) is 43.9 Å². The topological polar surface area (TPSA) is 46.2 Å². The third-order valence-electron chi connectivity index (χ3n) is 4.72. The Balaban J connectivity index is 3.07. The van der Waals surface area contributed by atoms with E-state index in [4.69, 9.17) is 5.73 Å². The van der Waals surface area contributed by atoms with Gasteiger partial charge in [-0.15, -0.1) is 0 Å². The van der Waals surface area contributed by atoms with Gasteiger partial charge in [0.25, 0.3) is 0 Å². The second-order valence-electron chi connectivity index (χ2n) is 6.37. The van der Waals surface area contributed by atoms with Crippen LogP contribution in [-0.2, 0) is 0 Å². The molecule has 0 aromatic rings. The van der Waals surface area contributed by atoms with E-state index in [0.29, 0.717) is 0 Å². The van der Waals surface area contributed by atoms with Gasteiger partial charge in [-0.1, -0.05) is 26.7 Å². The smallest absolute Gasteiger partial charge is 0.0437 e. The van der Waals surface area contributed by atoms with Crippen LogP contribution in [0.2, 0.25) is 0 Å². The average Bonchev–Trinajstić information content (AvgIpc) is 2.06. The molecule has 0 heterocycles. The summed E-state index contributed by atoms with van der Waals surface area (Å²) < 4.78 is 0. The minimum absolute atomic E-state index is 0.0903. The molecule has 1 atom stereocenters. The van der Waals surface area contributed by atoms with E-state index in [1.807, 2.05) is 0 Å². The molecule has 1 aliphatic carbocycles. The van der Waals surface area contributed by atoms with Crippen LogP contribution in [0.4, 0.5) is 0 Å². The van der Waals surface area contributed by atoms with Crippen molar-refractivity contribution >= 4 is 0 Å². The summed E-state index contributed by atoms with van der Waals surface area (Å²) in [6.45, 7) is 9.13. The number of aliphatic hydroxyl groups excluding tert-OH is 1. The van der Waals surface area contributed by atoms with E-state index in [2.05, 4.69) is 27.7 Å². The van der Waals surface area contributed by atoms with Crippen molar-refractivity contribution in [3.05, 3.63) is 0 Å². The lowest BCUT2D eigenvalue weighted by Gasteiger charge is -2.57. The molecule has 0 spiro atoms.